The fourth-order valence-electron chi connectivity index (χ4n) is 2.79. The van der Waals surface area contributed by atoms with Gasteiger partial charge < -0.3 is 15.6 Å². The number of rotatable bonds is 4. The van der Waals surface area contributed by atoms with Gasteiger partial charge in [-0.3, -0.25) is 0 Å². The number of aromatic nitrogens is 2. The van der Waals surface area contributed by atoms with Gasteiger partial charge in [-0.05, 0) is 31.5 Å². The molecule has 0 bridgehead atoms. The number of nitrogens with one attached hydrogen (secondary N) is 1. The van der Waals surface area contributed by atoms with Gasteiger partial charge in [0.25, 0.3) is 0 Å². The molecule has 1 saturated heterocycles. The summed E-state index contributed by atoms with van der Waals surface area (Å²) >= 11 is 0. The molecule has 3 rings (SSSR count). The summed E-state index contributed by atoms with van der Waals surface area (Å²) in [5, 5.41) is 0. The van der Waals surface area contributed by atoms with Crippen molar-refractivity contribution < 1.29 is 0 Å². The third-order valence-electron chi connectivity index (χ3n) is 3.79. The number of aromatic amines is 1. The lowest BCUT2D eigenvalue weighted by molar-refractivity contribution is 0.324. The van der Waals surface area contributed by atoms with Crippen LogP contribution >= 0.6 is 0 Å². The molecule has 2 aromatic rings. The molecular formula is C15H20N4. The third-order valence-corrected chi connectivity index (χ3v) is 3.79. The summed E-state index contributed by atoms with van der Waals surface area (Å²) in [6, 6.07) is 10.5. The fourth-order valence-corrected chi connectivity index (χ4v) is 2.79. The number of benzene rings is 1. The van der Waals surface area contributed by atoms with Crippen LogP contribution < -0.4 is 5.73 Å². The Kier molecular flexibility index (Phi) is 3.51. The van der Waals surface area contributed by atoms with Crippen LogP contribution in [0.4, 0.5) is 5.82 Å². The minimum atomic E-state index is 0.275. The highest BCUT2D eigenvalue weighted by Crippen LogP contribution is 2.25. The first-order chi connectivity index (χ1) is 9.33. The van der Waals surface area contributed by atoms with E-state index in [-0.39, 0.29) is 5.92 Å². The zero-order valence-electron chi connectivity index (χ0n) is 11.0. The van der Waals surface area contributed by atoms with Crippen LogP contribution in [0.3, 0.4) is 0 Å². The molecule has 0 radical (unpaired) electrons. The second kappa shape index (κ2) is 5.45. The van der Waals surface area contributed by atoms with E-state index in [1.165, 1.54) is 31.5 Å². The number of nitrogen functional groups attached to an aromatic ring is 1. The molecule has 2 heterocycles. The van der Waals surface area contributed by atoms with E-state index in [4.69, 9.17) is 5.73 Å². The van der Waals surface area contributed by atoms with Crippen LogP contribution in [0.15, 0.2) is 36.5 Å². The van der Waals surface area contributed by atoms with Crippen molar-refractivity contribution in [3.05, 3.63) is 47.9 Å². The standard InChI is InChI=1S/C15H20N4/c16-14-10-17-15(18-14)13(11-19-8-4-5-9-19)12-6-2-1-3-7-12/h1-3,6-7,10,13H,4-5,8-9,11,16H2,(H,17,18). The van der Waals surface area contributed by atoms with Crippen molar-refractivity contribution in [3.8, 4) is 0 Å². The Balaban J connectivity index is 1.86. The van der Waals surface area contributed by atoms with Crippen molar-refractivity contribution in [2.24, 2.45) is 0 Å². The second-order valence-electron chi connectivity index (χ2n) is 5.19. The molecule has 0 aliphatic carbocycles. The number of hydrogen-bond acceptors (Lipinski definition) is 3. The summed E-state index contributed by atoms with van der Waals surface area (Å²) in [7, 11) is 0. The number of hydrogen-bond donors (Lipinski definition) is 2. The van der Waals surface area contributed by atoms with Gasteiger partial charge in [0.2, 0.25) is 0 Å². The SMILES string of the molecule is Nc1cnc(C(CN2CCCC2)c2ccccc2)[nH]1. The van der Waals surface area contributed by atoms with Crippen LogP contribution in [-0.2, 0) is 0 Å². The van der Waals surface area contributed by atoms with Crippen molar-refractivity contribution in [1.82, 2.24) is 14.9 Å². The summed E-state index contributed by atoms with van der Waals surface area (Å²) in [5.41, 5.74) is 7.07. The van der Waals surface area contributed by atoms with E-state index in [9.17, 15) is 0 Å². The highest BCUT2D eigenvalue weighted by Gasteiger charge is 2.22. The largest absolute Gasteiger partial charge is 0.384 e. The monoisotopic (exact) mass is 256 g/mol. The van der Waals surface area contributed by atoms with Crippen LogP contribution in [0, 0.1) is 0 Å². The van der Waals surface area contributed by atoms with E-state index in [1.54, 1.807) is 6.20 Å². The molecule has 1 aliphatic heterocycles. The Morgan fingerprint density at radius 3 is 2.58 bits per heavy atom. The first kappa shape index (κ1) is 12.2. The van der Waals surface area contributed by atoms with Gasteiger partial charge in [0.1, 0.15) is 11.6 Å². The highest BCUT2D eigenvalue weighted by atomic mass is 15.1. The minimum absolute atomic E-state index is 0.275. The molecule has 1 aliphatic rings. The van der Waals surface area contributed by atoms with Gasteiger partial charge in [-0.1, -0.05) is 30.3 Å². The lowest BCUT2D eigenvalue weighted by Gasteiger charge is -2.22. The lowest BCUT2D eigenvalue weighted by atomic mass is 9.98. The molecule has 1 aromatic heterocycles. The van der Waals surface area contributed by atoms with Gasteiger partial charge in [-0.2, -0.15) is 0 Å². The molecule has 1 fully saturated rings. The maximum absolute atomic E-state index is 5.77. The summed E-state index contributed by atoms with van der Waals surface area (Å²) in [5.74, 6) is 1.88. The first-order valence-corrected chi connectivity index (χ1v) is 6.90. The van der Waals surface area contributed by atoms with Crippen LogP contribution in [0.5, 0.6) is 0 Å². The van der Waals surface area contributed by atoms with Crippen molar-refractivity contribution in [1.29, 1.82) is 0 Å². The molecule has 4 nitrogen and oxygen atoms in total. The van der Waals surface area contributed by atoms with E-state index in [0.29, 0.717) is 5.82 Å². The molecule has 3 N–H and O–H groups in total. The first-order valence-electron chi connectivity index (χ1n) is 6.90. The van der Waals surface area contributed by atoms with Crippen LogP contribution in [0.25, 0.3) is 0 Å². The molecule has 0 saturated carbocycles. The second-order valence-corrected chi connectivity index (χ2v) is 5.19. The number of nitrogens with two attached hydrogens (primary N) is 1. The van der Waals surface area contributed by atoms with Gasteiger partial charge in [0.05, 0.1) is 12.1 Å². The molecule has 1 aromatic carbocycles. The molecule has 0 spiro atoms. The Morgan fingerprint density at radius 1 is 1.21 bits per heavy atom. The maximum Gasteiger partial charge on any atom is 0.120 e. The Bertz CT molecular complexity index is 514. The van der Waals surface area contributed by atoms with Gasteiger partial charge in [-0.15, -0.1) is 0 Å². The van der Waals surface area contributed by atoms with Gasteiger partial charge in [0.15, 0.2) is 0 Å². The summed E-state index contributed by atoms with van der Waals surface area (Å²) in [6.07, 6.45) is 4.32. The van der Waals surface area contributed by atoms with Crippen molar-refractivity contribution >= 4 is 5.82 Å². The quantitative estimate of drug-likeness (QED) is 0.882. The zero-order chi connectivity index (χ0) is 13.1. The van der Waals surface area contributed by atoms with Crippen molar-refractivity contribution in [3.63, 3.8) is 0 Å². The molecule has 0 amide bonds. The van der Waals surface area contributed by atoms with Gasteiger partial charge >= 0.3 is 0 Å². The average Bonchev–Trinajstić information content (AvgIpc) is 3.08. The maximum atomic E-state index is 5.77. The van der Waals surface area contributed by atoms with E-state index < -0.39 is 0 Å². The molecule has 19 heavy (non-hydrogen) atoms. The van der Waals surface area contributed by atoms with Gasteiger partial charge in [-0.25, -0.2) is 4.98 Å². The van der Waals surface area contributed by atoms with E-state index in [1.807, 2.05) is 6.07 Å². The number of imidazole rings is 1. The topological polar surface area (TPSA) is 57.9 Å². The number of H-pyrrole nitrogens is 1. The van der Waals surface area contributed by atoms with Crippen molar-refractivity contribution in [2.45, 2.75) is 18.8 Å². The summed E-state index contributed by atoms with van der Waals surface area (Å²) < 4.78 is 0. The number of anilines is 1. The lowest BCUT2D eigenvalue weighted by Crippen LogP contribution is -2.26. The predicted octanol–water partition coefficient (Wildman–Crippen LogP) is 2.22. The van der Waals surface area contributed by atoms with E-state index >= 15 is 0 Å². The summed E-state index contributed by atoms with van der Waals surface area (Å²) in [4.78, 5) is 10.1. The predicted molar refractivity (Wildman–Crippen MR) is 77.0 cm³/mol. The van der Waals surface area contributed by atoms with Crippen molar-refractivity contribution in [2.75, 3.05) is 25.4 Å². The Labute approximate surface area is 113 Å². The molecular weight excluding hydrogens is 236 g/mol. The van der Waals surface area contributed by atoms with Gasteiger partial charge in [0, 0.05) is 6.54 Å². The molecule has 1 atom stereocenters. The van der Waals surface area contributed by atoms with E-state index in [0.717, 1.165) is 12.4 Å². The Hall–Kier alpha value is -1.81. The molecule has 100 valence electrons. The zero-order valence-corrected chi connectivity index (χ0v) is 11.0. The van der Waals surface area contributed by atoms with Crippen LogP contribution in [0.1, 0.15) is 30.1 Å². The highest BCUT2D eigenvalue weighted by molar-refractivity contribution is 5.31. The average molecular weight is 256 g/mol. The number of nitrogens with zero attached hydrogens (tertiary/aromatic N) is 2. The van der Waals surface area contributed by atoms with E-state index in [2.05, 4.69) is 39.1 Å². The smallest absolute Gasteiger partial charge is 0.120 e. The summed E-state index contributed by atoms with van der Waals surface area (Å²) in [6.45, 7) is 3.40. The number of likely N-dealkylation sites (tertiary alicyclic amines) is 1. The molecule has 4 heteroatoms. The fraction of sp³-hybridized carbons (Fsp3) is 0.400. The normalized spacial score (nSPS) is 17.7. The third kappa shape index (κ3) is 2.79. The van der Waals surface area contributed by atoms with Crippen LogP contribution in [-0.4, -0.2) is 34.5 Å². The minimum Gasteiger partial charge on any atom is -0.384 e. The van der Waals surface area contributed by atoms with Crippen LogP contribution in [0.2, 0.25) is 0 Å². The Morgan fingerprint density at radius 2 is 1.95 bits per heavy atom. The molecule has 1 unspecified atom stereocenters.